The second-order valence-electron chi connectivity index (χ2n) is 3.35. The zero-order valence-electron chi connectivity index (χ0n) is 10.0. The van der Waals surface area contributed by atoms with Crippen LogP contribution in [0.2, 0.25) is 0 Å². The molecule has 100 valence electrons. The first-order valence-corrected chi connectivity index (χ1v) is 5.79. The van der Waals surface area contributed by atoms with E-state index in [1.807, 2.05) is 0 Å². The van der Waals surface area contributed by atoms with Crippen molar-refractivity contribution >= 4 is 17.4 Å². The molecule has 0 saturated carbocycles. The Hall–Kier alpha value is -1.36. The molecule has 0 heterocycles. The van der Waals surface area contributed by atoms with E-state index in [1.54, 1.807) is 13.8 Å². The molecular formula is C12H13ClF2O3. The first-order chi connectivity index (χ1) is 8.40. The molecule has 0 bridgehead atoms. The van der Waals surface area contributed by atoms with Crippen LogP contribution in [0.4, 0.5) is 8.78 Å². The van der Waals surface area contributed by atoms with Crippen molar-refractivity contribution in [2.24, 2.45) is 0 Å². The third-order valence-corrected chi connectivity index (χ3v) is 2.23. The van der Waals surface area contributed by atoms with E-state index in [-0.39, 0.29) is 11.3 Å². The quantitative estimate of drug-likeness (QED) is 0.590. The van der Waals surface area contributed by atoms with E-state index in [1.165, 1.54) is 18.2 Å². The smallest absolute Gasteiger partial charge is 0.384 e. The molecule has 0 radical (unpaired) electrons. The van der Waals surface area contributed by atoms with Crippen molar-refractivity contribution in [2.75, 3.05) is 13.2 Å². The van der Waals surface area contributed by atoms with Gasteiger partial charge in [-0.15, -0.1) is 0 Å². The Morgan fingerprint density at radius 3 is 2.28 bits per heavy atom. The van der Waals surface area contributed by atoms with Crippen LogP contribution in [0.5, 0.6) is 11.5 Å². The lowest BCUT2D eigenvalue weighted by Crippen LogP contribution is -2.21. The molecule has 0 N–H and O–H groups in total. The average Bonchev–Trinajstić information content (AvgIpc) is 2.30. The first kappa shape index (κ1) is 14.7. The largest absolute Gasteiger partial charge is 0.490 e. The van der Waals surface area contributed by atoms with E-state index >= 15 is 0 Å². The number of carbonyl (C=O) groups is 1. The number of carbonyl (C=O) groups excluding carboxylic acids is 1. The Kier molecular flexibility index (Phi) is 4.90. The number of ketones is 1. The Labute approximate surface area is 109 Å². The van der Waals surface area contributed by atoms with Crippen LogP contribution in [0.15, 0.2) is 18.2 Å². The van der Waals surface area contributed by atoms with Crippen molar-refractivity contribution in [1.29, 1.82) is 0 Å². The third-order valence-electron chi connectivity index (χ3n) is 2.06. The van der Waals surface area contributed by atoms with Crippen molar-refractivity contribution in [2.45, 2.75) is 19.2 Å². The van der Waals surface area contributed by atoms with Crippen LogP contribution in [0, 0.1) is 0 Å². The zero-order valence-corrected chi connectivity index (χ0v) is 10.8. The fourth-order valence-corrected chi connectivity index (χ4v) is 1.47. The molecule has 1 rings (SSSR count). The van der Waals surface area contributed by atoms with Gasteiger partial charge in [0.1, 0.15) is 0 Å². The monoisotopic (exact) mass is 278 g/mol. The van der Waals surface area contributed by atoms with Crippen molar-refractivity contribution in [3.05, 3.63) is 23.8 Å². The highest BCUT2D eigenvalue weighted by atomic mass is 35.5. The second-order valence-corrected chi connectivity index (χ2v) is 3.83. The molecule has 3 nitrogen and oxygen atoms in total. The third kappa shape index (κ3) is 3.57. The van der Waals surface area contributed by atoms with Crippen LogP contribution >= 0.6 is 11.6 Å². The lowest BCUT2D eigenvalue weighted by Gasteiger charge is -2.13. The van der Waals surface area contributed by atoms with Crippen LogP contribution in [-0.4, -0.2) is 24.4 Å². The van der Waals surface area contributed by atoms with Crippen LogP contribution < -0.4 is 9.47 Å². The topological polar surface area (TPSA) is 35.5 Å². The van der Waals surface area contributed by atoms with Gasteiger partial charge in [-0.3, -0.25) is 4.79 Å². The average molecular weight is 279 g/mol. The SMILES string of the molecule is CCOc1ccc(C(=O)C(F)(F)Cl)cc1OCC. The number of Topliss-reactive ketones (excluding diaryl/α,β-unsaturated/α-hetero) is 1. The maximum absolute atomic E-state index is 12.7. The second kappa shape index (κ2) is 6.00. The Morgan fingerprint density at radius 2 is 1.78 bits per heavy atom. The highest BCUT2D eigenvalue weighted by Gasteiger charge is 2.36. The highest BCUT2D eigenvalue weighted by Crippen LogP contribution is 2.32. The van der Waals surface area contributed by atoms with E-state index in [9.17, 15) is 13.6 Å². The minimum atomic E-state index is -3.92. The van der Waals surface area contributed by atoms with E-state index < -0.39 is 11.2 Å². The summed E-state index contributed by atoms with van der Waals surface area (Å²) < 4.78 is 35.9. The van der Waals surface area contributed by atoms with Crippen LogP contribution in [0.3, 0.4) is 0 Å². The lowest BCUT2D eigenvalue weighted by atomic mass is 10.1. The predicted octanol–water partition coefficient (Wildman–Crippen LogP) is 3.50. The summed E-state index contributed by atoms with van der Waals surface area (Å²) in [5, 5.41) is -3.92. The van der Waals surface area contributed by atoms with Crippen molar-refractivity contribution in [3.8, 4) is 11.5 Å². The molecule has 0 aliphatic carbocycles. The number of hydrogen-bond donors (Lipinski definition) is 0. The molecule has 0 aromatic heterocycles. The molecule has 0 spiro atoms. The summed E-state index contributed by atoms with van der Waals surface area (Å²) in [6, 6.07) is 3.84. The summed E-state index contributed by atoms with van der Waals surface area (Å²) >= 11 is 4.69. The van der Waals surface area contributed by atoms with Crippen LogP contribution in [-0.2, 0) is 0 Å². The molecule has 0 unspecified atom stereocenters. The number of rotatable bonds is 6. The maximum Gasteiger partial charge on any atom is 0.384 e. The van der Waals surface area contributed by atoms with Crippen LogP contribution in [0.1, 0.15) is 24.2 Å². The van der Waals surface area contributed by atoms with Gasteiger partial charge in [-0.1, -0.05) is 0 Å². The van der Waals surface area contributed by atoms with E-state index in [0.717, 1.165) is 0 Å². The van der Waals surface area contributed by atoms with E-state index in [2.05, 4.69) is 0 Å². The number of halogens is 3. The lowest BCUT2D eigenvalue weighted by molar-refractivity contribution is 0.0535. The summed E-state index contributed by atoms with van der Waals surface area (Å²) in [4.78, 5) is 11.3. The molecule has 0 atom stereocenters. The molecule has 0 saturated heterocycles. The molecule has 1 aromatic rings. The van der Waals surface area contributed by atoms with Gasteiger partial charge in [-0.25, -0.2) is 0 Å². The molecule has 0 fully saturated rings. The summed E-state index contributed by atoms with van der Waals surface area (Å²) in [5.41, 5.74) is -0.220. The minimum absolute atomic E-state index is 0.220. The highest BCUT2D eigenvalue weighted by molar-refractivity contribution is 6.35. The fraction of sp³-hybridized carbons (Fsp3) is 0.417. The summed E-state index contributed by atoms with van der Waals surface area (Å²) in [6.07, 6.45) is 0. The minimum Gasteiger partial charge on any atom is -0.490 e. The van der Waals surface area contributed by atoms with Crippen molar-refractivity contribution in [3.63, 3.8) is 0 Å². The van der Waals surface area contributed by atoms with Gasteiger partial charge in [0.25, 0.3) is 0 Å². The first-order valence-electron chi connectivity index (χ1n) is 5.41. The van der Waals surface area contributed by atoms with Crippen molar-refractivity contribution < 1.29 is 23.0 Å². The fourth-order valence-electron chi connectivity index (χ4n) is 1.36. The Bertz CT molecular complexity index is 430. The van der Waals surface area contributed by atoms with E-state index in [0.29, 0.717) is 19.0 Å². The van der Waals surface area contributed by atoms with Gasteiger partial charge in [0.05, 0.1) is 13.2 Å². The van der Waals surface area contributed by atoms with Crippen molar-refractivity contribution in [1.82, 2.24) is 0 Å². The van der Waals surface area contributed by atoms with Gasteiger partial charge in [-0.2, -0.15) is 8.78 Å². The Balaban J connectivity index is 3.10. The molecule has 1 aromatic carbocycles. The van der Waals surface area contributed by atoms with Gasteiger partial charge >= 0.3 is 5.38 Å². The molecule has 0 aliphatic rings. The number of alkyl halides is 3. The van der Waals surface area contributed by atoms with Gasteiger partial charge in [0, 0.05) is 5.56 Å². The van der Waals surface area contributed by atoms with Gasteiger partial charge in [-0.05, 0) is 43.6 Å². The number of benzene rings is 1. The maximum atomic E-state index is 12.7. The van der Waals surface area contributed by atoms with E-state index in [4.69, 9.17) is 21.1 Å². The molecular weight excluding hydrogens is 266 g/mol. The molecule has 6 heteroatoms. The van der Waals surface area contributed by atoms with Gasteiger partial charge < -0.3 is 9.47 Å². The van der Waals surface area contributed by atoms with Crippen LogP contribution in [0.25, 0.3) is 0 Å². The predicted molar refractivity (Wildman–Crippen MR) is 63.9 cm³/mol. The summed E-state index contributed by atoms with van der Waals surface area (Å²) in [7, 11) is 0. The number of ether oxygens (including phenoxy) is 2. The van der Waals surface area contributed by atoms with Gasteiger partial charge in [0.15, 0.2) is 11.5 Å². The molecule has 18 heavy (non-hydrogen) atoms. The zero-order chi connectivity index (χ0) is 13.8. The van der Waals surface area contributed by atoms with Gasteiger partial charge in [0.2, 0.25) is 5.78 Å². The summed E-state index contributed by atoms with van der Waals surface area (Å²) in [6.45, 7) is 4.25. The molecule has 0 aliphatic heterocycles. The molecule has 0 amide bonds. The summed E-state index contributed by atoms with van der Waals surface area (Å²) in [5.74, 6) is -0.826. The number of hydrogen-bond acceptors (Lipinski definition) is 3. The standard InChI is InChI=1S/C12H13ClF2O3/c1-3-17-9-6-5-8(7-10(9)18-4-2)11(16)12(13,14)15/h5-7H,3-4H2,1-2H3. The Morgan fingerprint density at radius 1 is 1.22 bits per heavy atom. The normalized spacial score (nSPS) is 11.2.